The van der Waals surface area contributed by atoms with Crippen LogP contribution >= 0.6 is 22.6 Å². The first-order valence-corrected chi connectivity index (χ1v) is 8.37. The number of aliphatic imine (C=N–C) groups is 1. The molecule has 108 valence electrons. The summed E-state index contributed by atoms with van der Waals surface area (Å²) in [5.41, 5.74) is 2.69. The van der Waals surface area contributed by atoms with Gasteiger partial charge in [-0.15, -0.1) is 0 Å². The van der Waals surface area contributed by atoms with Crippen molar-refractivity contribution in [3.05, 3.63) is 45.1 Å². The van der Waals surface area contributed by atoms with E-state index in [1.165, 1.54) is 14.7 Å². The Labute approximate surface area is 136 Å². The highest BCUT2D eigenvalue weighted by atomic mass is 127. The number of fused-ring (bicyclic) bond motifs is 1. The average Bonchev–Trinajstić information content (AvgIpc) is 2.34. The molecular formula is C17H23IN2. The lowest BCUT2D eigenvalue weighted by Crippen LogP contribution is -2.43. The number of hydrogen-bond donors (Lipinski definition) is 0. The van der Waals surface area contributed by atoms with Gasteiger partial charge < -0.3 is 4.90 Å². The van der Waals surface area contributed by atoms with Gasteiger partial charge in [0, 0.05) is 27.8 Å². The third-order valence-electron chi connectivity index (χ3n) is 3.45. The summed E-state index contributed by atoms with van der Waals surface area (Å²) in [5.74, 6) is 1.16. The highest BCUT2D eigenvalue weighted by Gasteiger charge is 2.26. The maximum Gasteiger partial charge on any atom is 0.131 e. The standard InChI is InChI=1S/C17H23IN2/c1-12(2)19-17-16-7-5-6-15(18)9-8-14(16)10-11-20(17)13(3)4/h5-9,12-13H,10-11H2,1-4H3/b6-5-,7-5?,9-8?,14-8-,15-6?,15-9+,16-7+,19-17?. The Balaban J connectivity index is 2.46. The van der Waals surface area contributed by atoms with Crippen molar-refractivity contribution in [2.24, 2.45) is 4.99 Å². The summed E-state index contributed by atoms with van der Waals surface area (Å²) in [5, 5.41) is 0. The van der Waals surface area contributed by atoms with E-state index in [0.717, 1.165) is 18.8 Å². The number of halogens is 1. The zero-order valence-corrected chi connectivity index (χ0v) is 14.9. The van der Waals surface area contributed by atoms with Crippen molar-refractivity contribution in [3.8, 4) is 0 Å². The number of rotatable bonds is 2. The zero-order valence-electron chi connectivity index (χ0n) is 12.7. The van der Waals surface area contributed by atoms with Crippen LogP contribution in [0.1, 0.15) is 34.1 Å². The van der Waals surface area contributed by atoms with Gasteiger partial charge in [-0.2, -0.15) is 0 Å². The SMILES string of the molecule is CC(C)N=C1C2=C/C=C\C(I)=C/C=C\2CCN1C(C)C. The molecule has 2 rings (SSSR count). The fourth-order valence-electron chi connectivity index (χ4n) is 2.50. The molecule has 0 aromatic heterocycles. The van der Waals surface area contributed by atoms with E-state index in [1.54, 1.807) is 0 Å². The van der Waals surface area contributed by atoms with Crippen LogP contribution in [-0.2, 0) is 0 Å². The Morgan fingerprint density at radius 1 is 1.15 bits per heavy atom. The van der Waals surface area contributed by atoms with Gasteiger partial charge in [0.2, 0.25) is 0 Å². The second-order valence-corrected chi connectivity index (χ2v) is 7.01. The van der Waals surface area contributed by atoms with Crippen LogP contribution in [0.15, 0.2) is 50.1 Å². The smallest absolute Gasteiger partial charge is 0.131 e. The summed E-state index contributed by atoms with van der Waals surface area (Å²) in [7, 11) is 0. The highest BCUT2D eigenvalue weighted by molar-refractivity contribution is 14.1. The first-order chi connectivity index (χ1) is 9.49. The summed E-state index contributed by atoms with van der Waals surface area (Å²) >= 11 is 2.36. The Morgan fingerprint density at radius 2 is 1.90 bits per heavy atom. The summed E-state index contributed by atoms with van der Waals surface area (Å²) in [6.07, 6.45) is 12.0. The lowest BCUT2D eigenvalue weighted by Gasteiger charge is -2.37. The minimum Gasteiger partial charge on any atom is -0.354 e. The molecule has 1 fully saturated rings. The quantitative estimate of drug-likeness (QED) is 0.635. The minimum atomic E-state index is 0.316. The van der Waals surface area contributed by atoms with Crippen molar-refractivity contribution in [1.29, 1.82) is 0 Å². The van der Waals surface area contributed by atoms with Gasteiger partial charge in [-0.05, 0) is 74.4 Å². The molecule has 0 spiro atoms. The van der Waals surface area contributed by atoms with E-state index in [9.17, 15) is 0 Å². The number of nitrogens with zero attached hydrogens (tertiary/aromatic N) is 2. The van der Waals surface area contributed by atoms with Crippen molar-refractivity contribution in [2.45, 2.75) is 46.2 Å². The van der Waals surface area contributed by atoms with Crippen LogP contribution in [0.2, 0.25) is 0 Å². The molecule has 1 heterocycles. The maximum atomic E-state index is 4.89. The maximum absolute atomic E-state index is 4.89. The minimum absolute atomic E-state index is 0.316. The predicted octanol–water partition coefficient (Wildman–Crippen LogP) is 4.65. The fraction of sp³-hybridized carbons (Fsp3) is 0.471. The molecule has 20 heavy (non-hydrogen) atoms. The largest absolute Gasteiger partial charge is 0.354 e. The molecule has 0 aromatic carbocycles. The van der Waals surface area contributed by atoms with Crippen LogP contribution < -0.4 is 0 Å². The normalized spacial score (nSPS) is 30.9. The van der Waals surface area contributed by atoms with E-state index in [1.807, 2.05) is 0 Å². The monoisotopic (exact) mass is 382 g/mol. The van der Waals surface area contributed by atoms with Crippen molar-refractivity contribution < 1.29 is 0 Å². The van der Waals surface area contributed by atoms with E-state index in [-0.39, 0.29) is 0 Å². The molecular weight excluding hydrogens is 359 g/mol. The predicted molar refractivity (Wildman–Crippen MR) is 96.4 cm³/mol. The molecule has 0 aromatic rings. The molecule has 3 heteroatoms. The van der Waals surface area contributed by atoms with Gasteiger partial charge in [0.1, 0.15) is 5.84 Å². The fourth-order valence-corrected chi connectivity index (χ4v) is 2.88. The zero-order chi connectivity index (χ0) is 14.7. The first-order valence-electron chi connectivity index (χ1n) is 7.29. The van der Waals surface area contributed by atoms with Gasteiger partial charge in [0.25, 0.3) is 0 Å². The molecule has 2 nitrogen and oxygen atoms in total. The molecule has 0 amide bonds. The van der Waals surface area contributed by atoms with Crippen LogP contribution in [0.5, 0.6) is 0 Å². The number of piperidine rings is 1. The van der Waals surface area contributed by atoms with Gasteiger partial charge in [0.15, 0.2) is 0 Å². The number of likely N-dealkylation sites (tertiary alicyclic amines) is 1. The van der Waals surface area contributed by atoms with E-state index < -0.39 is 0 Å². The van der Waals surface area contributed by atoms with Gasteiger partial charge in [-0.1, -0.05) is 18.2 Å². The van der Waals surface area contributed by atoms with Crippen LogP contribution in [0.4, 0.5) is 0 Å². The van der Waals surface area contributed by atoms with E-state index in [4.69, 9.17) is 4.99 Å². The third-order valence-corrected chi connectivity index (χ3v) is 4.17. The van der Waals surface area contributed by atoms with Crippen molar-refractivity contribution in [2.75, 3.05) is 6.54 Å². The third kappa shape index (κ3) is 3.62. The van der Waals surface area contributed by atoms with Gasteiger partial charge in [-0.3, -0.25) is 4.99 Å². The Hall–Kier alpha value is -0.840. The van der Waals surface area contributed by atoms with Crippen LogP contribution in [0.25, 0.3) is 0 Å². The average molecular weight is 382 g/mol. The van der Waals surface area contributed by atoms with Gasteiger partial charge in [0.05, 0.1) is 0 Å². The Kier molecular flexibility index (Phi) is 5.24. The van der Waals surface area contributed by atoms with Gasteiger partial charge >= 0.3 is 0 Å². The van der Waals surface area contributed by atoms with Crippen LogP contribution in [0, 0.1) is 0 Å². The molecule has 2 aliphatic rings. The summed E-state index contributed by atoms with van der Waals surface area (Å²) in [4.78, 5) is 7.32. The molecule has 1 aliphatic carbocycles. The Morgan fingerprint density at radius 3 is 2.55 bits per heavy atom. The number of amidine groups is 1. The van der Waals surface area contributed by atoms with Crippen molar-refractivity contribution in [1.82, 2.24) is 4.90 Å². The van der Waals surface area contributed by atoms with Crippen LogP contribution in [0.3, 0.4) is 0 Å². The van der Waals surface area contributed by atoms with Crippen LogP contribution in [-0.4, -0.2) is 29.4 Å². The molecule has 1 saturated heterocycles. The van der Waals surface area contributed by atoms with E-state index in [0.29, 0.717) is 12.1 Å². The number of allylic oxidation sites excluding steroid dienone is 6. The van der Waals surface area contributed by atoms with Crippen molar-refractivity contribution in [3.63, 3.8) is 0 Å². The first kappa shape index (κ1) is 15.5. The summed E-state index contributed by atoms with van der Waals surface area (Å²) < 4.78 is 1.26. The van der Waals surface area contributed by atoms with E-state index >= 15 is 0 Å². The number of hydrogen-bond acceptors (Lipinski definition) is 1. The topological polar surface area (TPSA) is 15.6 Å². The molecule has 0 atom stereocenters. The lowest BCUT2D eigenvalue weighted by molar-refractivity contribution is 0.343. The molecule has 0 radical (unpaired) electrons. The summed E-state index contributed by atoms with van der Waals surface area (Å²) in [6, 6.07) is 0.802. The molecule has 0 N–H and O–H groups in total. The molecule has 0 unspecified atom stereocenters. The second-order valence-electron chi connectivity index (χ2n) is 5.77. The highest BCUT2D eigenvalue weighted by Crippen LogP contribution is 2.28. The van der Waals surface area contributed by atoms with E-state index in [2.05, 4.69) is 85.6 Å². The lowest BCUT2D eigenvalue weighted by atomic mass is 9.93. The molecule has 1 aliphatic heterocycles. The van der Waals surface area contributed by atoms with Crippen molar-refractivity contribution >= 4 is 28.4 Å². The second kappa shape index (κ2) is 6.74. The molecule has 0 bridgehead atoms. The summed E-state index contributed by atoms with van der Waals surface area (Å²) in [6.45, 7) is 9.83. The molecule has 0 saturated carbocycles. The Bertz CT molecular complexity index is 519. The van der Waals surface area contributed by atoms with Gasteiger partial charge in [-0.25, -0.2) is 0 Å².